The number of hydrogen-bond donors (Lipinski definition) is 1. The minimum Gasteiger partial charge on any atom is -0.482 e. The Hall–Kier alpha value is -2.86. The average molecular weight is 366 g/mol. The number of fused-ring (bicyclic) bond motifs is 1. The normalized spacial score (nSPS) is 19.0. The van der Waals surface area contributed by atoms with Crippen LogP contribution in [0.5, 0.6) is 5.75 Å². The van der Waals surface area contributed by atoms with E-state index in [1.807, 2.05) is 35.2 Å². The van der Waals surface area contributed by atoms with Crippen LogP contribution < -0.4 is 10.1 Å². The molecule has 0 bridgehead atoms. The van der Waals surface area contributed by atoms with Crippen molar-refractivity contribution in [2.75, 3.05) is 25.0 Å². The van der Waals surface area contributed by atoms with Gasteiger partial charge in [0.05, 0.1) is 18.4 Å². The molecule has 0 saturated carbocycles. The monoisotopic (exact) mass is 366 g/mol. The van der Waals surface area contributed by atoms with Crippen LogP contribution in [0, 0.1) is 0 Å². The van der Waals surface area contributed by atoms with Crippen LogP contribution >= 0.6 is 0 Å². The molecule has 1 N–H and O–H groups in total. The highest BCUT2D eigenvalue weighted by Gasteiger charge is 2.26. The van der Waals surface area contributed by atoms with Gasteiger partial charge in [-0.3, -0.25) is 9.59 Å². The van der Waals surface area contributed by atoms with Gasteiger partial charge in [-0.15, -0.1) is 0 Å². The van der Waals surface area contributed by atoms with E-state index < -0.39 is 0 Å². The lowest BCUT2D eigenvalue weighted by Crippen LogP contribution is -2.43. The first kappa shape index (κ1) is 17.5. The van der Waals surface area contributed by atoms with Gasteiger partial charge < -0.3 is 19.7 Å². The molecule has 0 radical (unpaired) electrons. The van der Waals surface area contributed by atoms with Crippen LogP contribution in [0.25, 0.3) is 0 Å². The fraction of sp³-hybridized carbons (Fsp3) is 0.333. The van der Waals surface area contributed by atoms with E-state index in [9.17, 15) is 9.59 Å². The summed E-state index contributed by atoms with van der Waals surface area (Å²) in [5, 5.41) is 2.74. The van der Waals surface area contributed by atoms with E-state index in [4.69, 9.17) is 9.47 Å². The highest BCUT2D eigenvalue weighted by molar-refractivity contribution is 5.99. The Balaban J connectivity index is 1.39. The molecule has 2 heterocycles. The van der Waals surface area contributed by atoms with Crippen molar-refractivity contribution < 1.29 is 19.1 Å². The predicted octanol–water partition coefficient (Wildman–Crippen LogP) is 2.84. The fourth-order valence-electron chi connectivity index (χ4n) is 3.44. The number of likely N-dealkylation sites (tertiary alicyclic amines) is 1. The molecule has 1 unspecified atom stereocenters. The molecule has 0 aromatic heterocycles. The van der Waals surface area contributed by atoms with Gasteiger partial charge in [0.15, 0.2) is 6.61 Å². The third-order valence-corrected chi connectivity index (χ3v) is 4.86. The summed E-state index contributed by atoms with van der Waals surface area (Å²) < 4.78 is 11.4. The summed E-state index contributed by atoms with van der Waals surface area (Å²) in [5.74, 6) is 0.316. The van der Waals surface area contributed by atoms with Gasteiger partial charge in [0, 0.05) is 18.7 Å². The molecule has 1 fully saturated rings. The first-order valence-electron chi connectivity index (χ1n) is 9.20. The lowest BCUT2D eigenvalue weighted by Gasteiger charge is -2.33. The summed E-state index contributed by atoms with van der Waals surface area (Å²) >= 11 is 0. The predicted molar refractivity (Wildman–Crippen MR) is 101 cm³/mol. The number of piperidine rings is 1. The number of nitrogens with zero attached hydrogens (tertiary/aromatic N) is 1. The molecule has 2 aliphatic heterocycles. The van der Waals surface area contributed by atoms with E-state index in [1.165, 1.54) is 0 Å². The summed E-state index contributed by atoms with van der Waals surface area (Å²) in [7, 11) is 0. The maximum Gasteiger partial charge on any atom is 0.262 e. The Morgan fingerprint density at radius 1 is 1.22 bits per heavy atom. The molecule has 6 heteroatoms. The molecular weight excluding hydrogens is 344 g/mol. The topological polar surface area (TPSA) is 67.9 Å². The van der Waals surface area contributed by atoms with Crippen molar-refractivity contribution in [2.24, 2.45) is 0 Å². The Labute approximate surface area is 158 Å². The molecule has 2 amide bonds. The van der Waals surface area contributed by atoms with E-state index in [2.05, 4.69) is 5.32 Å². The third kappa shape index (κ3) is 4.11. The zero-order chi connectivity index (χ0) is 18.6. The molecule has 1 atom stereocenters. The zero-order valence-electron chi connectivity index (χ0n) is 15.0. The largest absolute Gasteiger partial charge is 0.482 e. The van der Waals surface area contributed by atoms with E-state index in [0.29, 0.717) is 30.2 Å². The molecule has 2 aromatic carbocycles. The molecule has 27 heavy (non-hydrogen) atoms. The number of hydrogen-bond acceptors (Lipinski definition) is 4. The molecule has 140 valence electrons. The van der Waals surface area contributed by atoms with Crippen LogP contribution in [0.2, 0.25) is 0 Å². The lowest BCUT2D eigenvalue weighted by atomic mass is 10.1. The number of ether oxygens (including phenoxy) is 2. The summed E-state index contributed by atoms with van der Waals surface area (Å²) in [6.45, 7) is 1.84. The van der Waals surface area contributed by atoms with Gasteiger partial charge in [0.1, 0.15) is 5.75 Å². The van der Waals surface area contributed by atoms with Gasteiger partial charge in [-0.2, -0.15) is 0 Å². The van der Waals surface area contributed by atoms with Crippen molar-refractivity contribution in [3.63, 3.8) is 0 Å². The number of carbonyl (C=O) groups excluding carboxylic acids is 2. The van der Waals surface area contributed by atoms with Crippen molar-refractivity contribution in [1.82, 2.24) is 4.90 Å². The minimum atomic E-state index is -0.184. The highest BCUT2D eigenvalue weighted by atomic mass is 16.5. The van der Waals surface area contributed by atoms with E-state index in [0.717, 1.165) is 24.9 Å². The molecule has 0 aliphatic carbocycles. The molecule has 4 rings (SSSR count). The summed E-state index contributed by atoms with van der Waals surface area (Å²) in [6, 6.07) is 15.2. The van der Waals surface area contributed by atoms with E-state index in [-0.39, 0.29) is 24.5 Å². The maximum atomic E-state index is 12.9. The van der Waals surface area contributed by atoms with Crippen molar-refractivity contribution in [1.29, 1.82) is 0 Å². The van der Waals surface area contributed by atoms with Gasteiger partial charge in [0.25, 0.3) is 11.8 Å². The number of rotatable bonds is 4. The maximum absolute atomic E-state index is 12.9. The second-order valence-electron chi connectivity index (χ2n) is 6.86. The highest BCUT2D eigenvalue weighted by Crippen LogP contribution is 2.29. The second kappa shape index (κ2) is 7.80. The summed E-state index contributed by atoms with van der Waals surface area (Å²) in [6.07, 6.45) is 1.91. The Kier molecular flexibility index (Phi) is 5.07. The molecular formula is C21H22N2O4. The van der Waals surface area contributed by atoms with Crippen LogP contribution in [0.15, 0.2) is 48.5 Å². The van der Waals surface area contributed by atoms with Crippen LogP contribution in [0.1, 0.15) is 28.8 Å². The lowest BCUT2D eigenvalue weighted by molar-refractivity contribution is -0.118. The Bertz CT molecular complexity index is 837. The first-order valence-corrected chi connectivity index (χ1v) is 9.20. The molecule has 0 spiro atoms. The van der Waals surface area contributed by atoms with E-state index in [1.54, 1.807) is 18.2 Å². The van der Waals surface area contributed by atoms with Crippen LogP contribution in [0.4, 0.5) is 5.69 Å². The fourth-order valence-corrected chi connectivity index (χ4v) is 3.44. The average Bonchev–Trinajstić information content (AvgIpc) is 2.72. The van der Waals surface area contributed by atoms with Crippen molar-refractivity contribution in [2.45, 2.75) is 25.6 Å². The van der Waals surface area contributed by atoms with Gasteiger partial charge in [-0.05, 0) is 36.6 Å². The number of benzene rings is 2. The van der Waals surface area contributed by atoms with Crippen molar-refractivity contribution >= 4 is 17.5 Å². The standard InChI is InChI=1S/C21H22N2O4/c24-20-14-27-19-11-16(8-9-18(19)22-20)21(25)23-10-4-7-17(12-23)26-13-15-5-2-1-3-6-15/h1-3,5-6,8-9,11,17H,4,7,10,12-14H2,(H,22,24). The summed E-state index contributed by atoms with van der Waals surface area (Å²) in [4.78, 5) is 26.1. The van der Waals surface area contributed by atoms with Crippen LogP contribution in [0.3, 0.4) is 0 Å². The molecule has 2 aromatic rings. The number of amides is 2. The quantitative estimate of drug-likeness (QED) is 0.904. The molecule has 2 aliphatic rings. The van der Waals surface area contributed by atoms with Crippen molar-refractivity contribution in [3.8, 4) is 5.75 Å². The van der Waals surface area contributed by atoms with Gasteiger partial charge in [0.2, 0.25) is 0 Å². The molecule has 6 nitrogen and oxygen atoms in total. The number of anilines is 1. The van der Waals surface area contributed by atoms with Gasteiger partial charge in [-0.1, -0.05) is 30.3 Å². The Morgan fingerprint density at radius 3 is 2.93 bits per heavy atom. The SMILES string of the molecule is O=C1COc2cc(C(=O)N3CCCC(OCc4ccccc4)C3)ccc2N1. The van der Waals surface area contributed by atoms with Crippen LogP contribution in [-0.2, 0) is 16.1 Å². The van der Waals surface area contributed by atoms with Crippen LogP contribution in [-0.4, -0.2) is 42.5 Å². The zero-order valence-corrected chi connectivity index (χ0v) is 15.0. The van der Waals surface area contributed by atoms with E-state index >= 15 is 0 Å². The first-order chi connectivity index (χ1) is 13.2. The van der Waals surface area contributed by atoms with Gasteiger partial charge >= 0.3 is 0 Å². The van der Waals surface area contributed by atoms with Crippen molar-refractivity contribution in [3.05, 3.63) is 59.7 Å². The number of nitrogens with one attached hydrogen (secondary N) is 1. The smallest absolute Gasteiger partial charge is 0.262 e. The summed E-state index contributed by atoms with van der Waals surface area (Å²) in [5.41, 5.74) is 2.30. The molecule has 1 saturated heterocycles. The number of carbonyl (C=O) groups is 2. The second-order valence-corrected chi connectivity index (χ2v) is 6.86. The third-order valence-electron chi connectivity index (χ3n) is 4.86. The minimum absolute atomic E-state index is 0.0240. The van der Waals surface area contributed by atoms with Gasteiger partial charge in [-0.25, -0.2) is 0 Å². The Morgan fingerprint density at radius 2 is 2.07 bits per heavy atom.